The first-order valence-corrected chi connectivity index (χ1v) is 16.4. The van der Waals surface area contributed by atoms with Crippen LogP contribution >= 0.6 is 0 Å². The van der Waals surface area contributed by atoms with E-state index in [-0.39, 0.29) is 0 Å². The van der Waals surface area contributed by atoms with Crippen molar-refractivity contribution in [2.24, 2.45) is 5.73 Å². The standard InChI is InChI=1S/C29H51N3O19/c1-8-17(37)22(42)25(44-4)29(46-8)45-7-13-24(20(40)15(26(43)47-13)31-9(2)35)51-28-16(32-10(3)36)21(41)23(12(6-34)49-28)50-27-14(30)19(39)18(38)11(5-33)48-27/h8,11-29,33-34,37-43H,5-7,30H2,1-4H3,(H,31,35)(H,32,36)/t8-,11+,12+,13+,14+,15+,16+,17+,18+,19+,20+,21+,22+,23+,24+,25-,26?,27-,28-,29+/m0/s1. The summed E-state index contributed by atoms with van der Waals surface area (Å²) in [6.07, 6.45) is -25.2. The van der Waals surface area contributed by atoms with Crippen LogP contribution in [0.3, 0.4) is 0 Å². The molecule has 0 radical (unpaired) electrons. The van der Waals surface area contributed by atoms with Gasteiger partial charge in [0, 0.05) is 21.0 Å². The predicted molar refractivity (Wildman–Crippen MR) is 162 cm³/mol. The molecule has 296 valence electrons. The minimum absolute atomic E-state index is 0.530. The quantitative estimate of drug-likeness (QED) is 0.0882. The number of amides is 2. The van der Waals surface area contributed by atoms with Crippen molar-refractivity contribution in [3.63, 3.8) is 0 Å². The number of hydrogen-bond acceptors (Lipinski definition) is 20. The average Bonchev–Trinajstić information content (AvgIpc) is 3.08. The van der Waals surface area contributed by atoms with Crippen LogP contribution in [-0.2, 0) is 47.5 Å². The minimum Gasteiger partial charge on any atom is -0.394 e. The number of rotatable bonds is 12. The summed E-state index contributed by atoms with van der Waals surface area (Å²) in [5.41, 5.74) is 5.99. The van der Waals surface area contributed by atoms with Gasteiger partial charge in [-0.3, -0.25) is 9.59 Å². The van der Waals surface area contributed by atoms with E-state index in [9.17, 15) is 55.5 Å². The molecular formula is C29H51N3O19. The Morgan fingerprint density at radius 2 is 1.20 bits per heavy atom. The van der Waals surface area contributed by atoms with Gasteiger partial charge in [-0.25, -0.2) is 0 Å². The molecule has 4 saturated heterocycles. The molecule has 22 nitrogen and oxygen atoms in total. The smallest absolute Gasteiger partial charge is 0.217 e. The molecule has 4 rings (SSSR count). The van der Waals surface area contributed by atoms with Gasteiger partial charge in [0.2, 0.25) is 11.8 Å². The molecular weight excluding hydrogens is 694 g/mol. The van der Waals surface area contributed by atoms with Crippen molar-refractivity contribution in [1.82, 2.24) is 10.6 Å². The van der Waals surface area contributed by atoms with E-state index < -0.39 is 154 Å². The summed E-state index contributed by atoms with van der Waals surface area (Å²) in [6.45, 7) is 1.63. The SMILES string of the molecule is CO[C@@H]1[C@H](OC[C@H]2OC(O)[C@H](NC(C)=O)[C@@H](O)[C@@H]2O[C@@H]2O[C@H](CO)[C@@H](O[C@@H]3O[C@H](CO)[C@@H](O)[C@H](O)[C@H]3N)[C@H](O)[C@H]2NC(C)=O)O[C@@H](C)[C@@H](O)[C@H]1O. The van der Waals surface area contributed by atoms with Crippen molar-refractivity contribution in [3.8, 4) is 0 Å². The van der Waals surface area contributed by atoms with Crippen LogP contribution in [-0.4, -0.2) is 207 Å². The number of hydrogen-bond donors (Lipinski definition) is 12. The Kier molecular flexibility index (Phi) is 14.8. The number of nitrogens with one attached hydrogen (secondary N) is 2. The van der Waals surface area contributed by atoms with Crippen molar-refractivity contribution in [3.05, 3.63) is 0 Å². The Balaban J connectivity index is 1.59. The molecule has 4 aliphatic heterocycles. The van der Waals surface area contributed by atoms with Gasteiger partial charge >= 0.3 is 0 Å². The number of carbonyl (C=O) groups is 2. The molecule has 20 atom stereocenters. The largest absolute Gasteiger partial charge is 0.394 e. The highest BCUT2D eigenvalue weighted by atomic mass is 16.8. The molecule has 0 aliphatic carbocycles. The molecule has 22 heteroatoms. The van der Waals surface area contributed by atoms with Gasteiger partial charge in [0.25, 0.3) is 0 Å². The second kappa shape index (κ2) is 18.0. The van der Waals surface area contributed by atoms with Crippen LogP contribution in [0, 0.1) is 0 Å². The van der Waals surface area contributed by atoms with E-state index in [1.165, 1.54) is 14.0 Å². The van der Waals surface area contributed by atoms with Gasteiger partial charge in [0.05, 0.1) is 32.0 Å². The molecule has 13 N–H and O–H groups in total. The first-order chi connectivity index (χ1) is 24.0. The lowest BCUT2D eigenvalue weighted by atomic mass is 9.93. The van der Waals surface area contributed by atoms with Crippen molar-refractivity contribution in [2.75, 3.05) is 26.9 Å². The van der Waals surface area contributed by atoms with E-state index in [4.69, 9.17) is 43.6 Å². The number of carbonyl (C=O) groups excluding carboxylic acids is 2. The van der Waals surface area contributed by atoms with Crippen LogP contribution in [0.25, 0.3) is 0 Å². The molecule has 0 aromatic rings. The fourth-order valence-electron chi connectivity index (χ4n) is 6.48. The third-order valence-corrected chi connectivity index (χ3v) is 9.28. The van der Waals surface area contributed by atoms with Gasteiger partial charge in [-0.1, -0.05) is 0 Å². The molecule has 0 bridgehead atoms. The van der Waals surface area contributed by atoms with E-state index in [0.29, 0.717) is 0 Å². The highest BCUT2D eigenvalue weighted by Gasteiger charge is 2.54. The van der Waals surface area contributed by atoms with E-state index in [1.54, 1.807) is 0 Å². The molecule has 51 heavy (non-hydrogen) atoms. The Morgan fingerprint density at radius 3 is 1.78 bits per heavy atom. The maximum absolute atomic E-state index is 12.3. The fourth-order valence-corrected chi connectivity index (χ4v) is 6.48. The molecule has 4 aliphatic rings. The predicted octanol–water partition coefficient (Wildman–Crippen LogP) is -7.81. The molecule has 2 amide bonds. The number of nitrogens with two attached hydrogens (primary N) is 1. The Labute approximate surface area is 292 Å². The molecule has 0 aromatic heterocycles. The van der Waals surface area contributed by atoms with Gasteiger partial charge in [-0.2, -0.15) is 0 Å². The van der Waals surface area contributed by atoms with Gasteiger partial charge in [0.15, 0.2) is 25.2 Å². The second-order valence-electron chi connectivity index (χ2n) is 12.9. The van der Waals surface area contributed by atoms with Crippen LogP contribution < -0.4 is 16.4 Å². The summed E-state index contributed by atoms with van der Waals surface area (Å²) >= 11 is 0. The molecule has 0 spiro atoms. The van der Waals surface area contributed by atoms with Gasteiger partial charge in [-0.15, -0.1) is 0 Å². The number of ether oxygens (including phenoxy) is 8. The third-order valence-electron chi connectivity index (χ3n) is 9.28. The number of methoxy groups -OCH3 is 1. The normalized spacial score (nSPS) is 47.8. The average molecular weight is 746 g/mol. The first-order valence-electron chi connectivity index (χ1n) is 16.4. The van der Waals surface area contributed by atoms with Crippen molar-refractivity contribution in [2.45, 2.75) is 143 Å². The third kappa shape index (κ3) is 9.30. The van der Waals surface area contributed by atoms with Crippen molar-refractivity contribution < 1.29 is 93.4 Å². The lowest BCUT2D eigenvalue weighted by Gasteiger charge is -2.49. The van der Waals surface area contributed by atoms with Crippen LogP contribution in [0.2, 0.25) is 0 Å². The topological polar surface area (TPSA) is 340 Å². The van der Waals surface area contributed by atoms with Gasteiger partial charge in [0.1, 0.15) is 85.3 Å². The summed E-state index contributed by atoms with van der Waals surface area (Å²) in [7, 11) is 1.25. The zero-order valence-electron chi connectivity index (χ0n) is 28.4. The van der Waals surface area contributed by atoms with Gasteiger partial charge < -0.3 is 100 Å². The van der Waals surface area contributed by atoms with Gasteiger partial charge in [-0.05, 0) is 6.92 Å². The minimum atomic E-state index is -1.81. The lowest BCUT2D eigenvalue weighted by Crippen LogP contribution is -2.70. The Morgan fingerprint density at radius 1 is 0.647 bits per heavy atom. The van der Waals surface area contributed by atoms with Crippen LogP contribution in [0.15, 0.2) is 0 Å². The van der Waals surface area contributed by atoms with Crippen molar-refractivity contribution in [1.29, 1.82) is 0 Å². The zero-order chi connectivity index (χ0) is 37.9. The summed E-state index contributed by atoms with van der Waals surface area (Å²) in [4.78, 5) is 24.2. The zero-order valence-corrected chi connectivity index (χ0v) is 28.4. The fraction of sp³-hybridized carbons (Fsp3) is 0.931. The molecule has 4 fully saturated rings. The van der Waals surface area contributed by atoms with Crippen LogP contribution in [0.4, 0.5) is 0 Å². The van der Waals surface area contributed by atoms with Crippen LogP contribution in [0.5, 0.6) is 0 Å². The van der Waals surface area contributed by atoms with E-state index in [1.807, 2.05) is 0 Å². The Bertz CT molecular complexity index is 1140. The van der Waals surface area contributed by atoms with E-state index >= 15 is 0 Å². The monoisotopic (exact) mass is 745 g/mol. The lowest BCUT2D eigenvalue weighted by molar-refractivity contribution is -0.355. The highest BCUT2D eigenvalue weighted by Crippen LogP contribution is 2.33. The first kappa shape index (κ1) is 42.0. The maximum Gasteiger partial charge on any atom is 0.217 e. The number of aliphatic hydroxyl groups excluding tert-OH is 9. The Hall–Kier alpha value is -1.78. The summed E-state index contributed by atoms with van der Waals surface area (Å²) in [5.74, 6) is -1.34. The molecule has 0 saturated carbocycles. The highest BCUT2D eigenvalue weighted by molar-refractivity contribution is 5.73. The molecule has 0 aromatic carbocycles. The number of aliphatic hydroxyl groups is 9. The van der Waals surface area contributed by atoms with E-state index in [2.05, 4.69) is 10.6 Å². The van der Waals surface area contributed by atoms with Crippen LogP contribution in [0.1, 0.15) is 20.8 Å². The molecule has 4 heterocycles. The maximum atomic E-state index is 12.3. The van der Waals surface area contributed by atoms with E-state index in [0.717, 1.165) is 13.8 Å². The van der Waals surface area contributed by atoms with Crippen molar-refractivity contribution >= 4 is 11.8 Å². The summed E-state index contributed by atoms with van der Waals surface area (Å²) in [6, 6.07) is -4.38. The molecule has 1 unspecified atom stereocenters. The summed E-state index contributed by atoms with van der Waals surface area (Å²) in [5, 5.41) is 99.6. The second-order valence-corrected chi connectivity index (χ2v) is 12.9. The summed E-state index contributed by atoms with van der Waals surface area (Å²) < 4.78 is 45.7.